The van der Waals surface area contributed by atoms with Gasteiger partial charge in [0.15, 0.2) is 0 Å². The summed E-state index contributed by atoms with van der Waals surface area (Å²) in [6.07, 6.45) is 0.150. The van der Waals surface area contributed by atoms with E-state index in [0.717, 1.165) is 0 Å². The number of nitrogens with zero attached hydrogens (tertiary/aromatic N) is 1. The zero-order chi connectivity index (χ0) is 13.1. The van der Waals surface area contributed by atoms with Crippen LogP contribution in [0.5, 0.6) is 5.75 Å². The molecule has 0 spiro atoms. The molecule has 1 aromatic rings. The summed E-state index contributed by atoms with van der Waals surface area (Å²) in [6.45, 7) is -0.550. The first-order valence-electron chi connectivity index (χ1n) is 5.50. The molecular weight excluding hydrogens is 241 g/mol. The predicted molar refractivity (Wildman–Crippen MR) is 61.8 cm³/mol. The van der Waals surface area contributed by atoms with Crippen LogP contribution in [0.3, 0.4) is 0 Å². The Labute approximate surface area is 103 Å². The lowest BCUT2D eigenvalue weighted by atomic mass is 10.1. The number of halogens is 1. The number of amides is 1. The summed E-state index contributed by atoms with van der Waals surface area (Å²) in [5.74, 6) is -1.00. The van der Waals surface area contributed by atoms with Crippen molar-refractivity contribution in [1.29, 1.82) is 0 Å². The fraction of sp³-hybridized carbons (Fsp3) is 0.333. The number of hydrogen-bond donors (Lipinski definition) is 1. The van der Waals surface area contributed by atoms with Gasteiger partial charge in [0.2, 0.25) is 5.91 Å². The van der Waals surface area contributed by atoms with Crippen molar-refractivity contribution in [2.75, 3.05) is 24.7 Å². The van der Waals surface area contributed by atoms with Gasteiger partial charge in [0.05, 0.1) is 30.8 Å². The van der Waals surface area contributed by atoms with Crippen LogP contribution in [-0.2, 0) is 4.79 Å². The van der Waals surface area contributed by atoms with E-state index in [9.17, 15) is 14.0 Å². The Kier molecular flexibility index (Phi) is 3.45. The summed E-state index contributed by atoms with van der Waals surface area (Å²) in [6, 6.07) is 4.19. The summed E-state index contributed by atoms with van der Waals surface area (Å²) < 4.78 is 17.8. The number of carbonyl (C=O) groups is 2. The predicted octanol–water partition coefficient (Wildman–Crippen LogP) is 1.47. The van der Waals surface area contributed by atoms with E-state index in [1.807, 2.05) is 0 Å². The van der Waals surface area contributed by atoms with Crippen molar-refractivity contribution in [3.63, 3.8) is 0 Å². The van der Waals surface area contributed by atoms with Crippen molar-refractivity contribution in [2.45, 2.75) is 6.42 Å². The van der Waals surface area contributed by atoms with Crippen molar-refractivity contribution in [2.24, 2.45) is 0 Å². The number of alkyl halides is 1. The quantitative estimate of drug-likeness (QED) is 0.885. The van der Waals surface area contributed by atoms with Crippen LogP contribution in [0.4, 0.5) is 10.1 Å². The molecule has 0 bridgehead atoms. The van der Waals surface area contributed by atoms with E-state index in [0.29, 0.717) is 11.4 Å². The van der Waals surface area contributed by atoms with Gasteiger partial charge in [-0.15, -0.1) is 0 Å². The average molecular weight is 253 g/mol. The molecule has 1 amide bonds. The number of fused-ring (bicyclic) bond motifs is 1. The second-order valence-electron chi connectivity index (χ2n) is 3.82. The molecule has 1 N–H and O–H groups in total. The molecule has 0 aliphatic carbocycles. The monoisotopic (exact) mass is 253 g/mol. The van der Waals surface area contributed by atoms with Gasteiger partial charge in [0, 0.05) is 0 Å². The van der Waals surface area contributed by atoms with Crippen LogP contribution < -0.4 is 9.64 Å². The zero-order valence-electron chi connectivity index (χ0n) is 9.56. The van der Waals surface area contributed by atoms with Gasteiger partial charge in [-0.3, -0.25) is 4.79 Å². The topological polar surface area (TPSA) is 66.8 Å². The third-order valence-electron chi connectivity index (χ3n) is 2.68. The van der Waals surface area contributed by atoms with Gasteiger partial charge in [0.25, 0.3) is 0 Å². The van der Waals surface area contributed by atoms with Crippen LogP contribution >= 0.6 is 0 Å². The van der Waals surface area contributed by atoms with Crippen LogP contribution in [0, 0.1) is 0 Å². The molecule has 0 aromatic heterocycles. The molecule has 1 aliphatic rings. The van der Waals surface area contributed by atoms with Gasteiger partial charge in [-0.05, 0) is 18.2 Å². The molecule has 1 heterocycles. The summed E-state index contributed by atoms with van der Waals surface area (Å²) in [4.78, 5) is 23.9. The van der Waals surface area contributed by atoms with Crippen molar-refractivity contribution in [3.05, 3.63) is 23.8 Å². The van der Waals surface area contributed by atoms with Gasteiger partial charge in [-0.2, -0.15) is 0 Å². The summed E-state index contributed by atoms with van der Waals surface area (Å²) in [5.41, 5.74) is 0.489. The second-order valence-corrected chi connectivity index (χ2v) is 3.82. The molecule has 0 atom stereocenters. The number of carboxylic acid groups (broad SMARTS) is 1. The van der Waals surface area contributed by atoms with E-state index in [1.165, 1.54) is 23.1 Å². The Morgan fingerprint density at radius 1 is 1.50 bits per heavy atom. The number of hydrogen-bond acceptors (Lipinski definition) is 3. The number of ether oxygens (including phenoxy) is 1. The van der Waals surface area contributed by atoms with E-state index >= 15 is 0 Å². The lowest BCUT2D eigenvalue weighted by Crippen LogP contribution is -2.32. The first-order valence-corrected chi connectivity index (χ1v) is 5.50. The summed E-state index contributed by atoms with van der Waals surface area (Å²) >= 11 is 0. The molecule has 5 nitrogen and oxygen atoms in total. The average Bonchev–Trinajstić information content (AvgIpc) is 2.49. The number of anilines is 1. The Balaban J connectivity index is 2.43. The van der Waals surface area contributed by atoms with Crippen LogP contribution in [0.25, 0.3) is 0 Å². The van der Waals surface area contributed by atoms with Crippen LogP contribution in [-0.4, -0.2) is 36.8 Å². The highest BCUT2D eigenvalue weighted by Gasteiger charge is 2.23. The van der Waals surface area contributed by atoms with E-state index in [2.05, 4.69) is 0 Å². The van der Waals surface area contributed by atoms with Crippen molar-refractivity contribution < 1.29 is 23.8 Å². The highest BCUT2D eigenvalue weighted by atomic mass is 19.1. The molecule has 0 saturated carbocycles. The lowest BCUT2D eigenvalue weighted by molar-refractivity contribution is -0.118. The summed E-state index contributed by atoms with van der Waals surface area (Å²) in [5, 5.41) is 8.88. The lowest BCUT2D eigenvalue weighted by Gasteiger charge is -2.20. The smallest absolute Gasteiger partial charge is 0.335 e. The molecule has 0 unspecified atom stereocenters. The Morgan fingerprint density at radius 2 is 2.28 bits per heavy atom. The highest BCUT2D eigenvalue weighted by molar-refractivity contribution is 5.97. The second kappa shape index (κ2) is 5.03. The number of carbonyl (C=O) groups excluding carboxylic acids is 1. The van der Waals surface area contributed by atoms with E-state index in [-0.39, 0.29) is 31.0 Å². The first kappa shape index (κ1) is 12.3. The number of carboxylic acids is 1. The standard InChI is InChI=1S/C12H12FNO4/c13-4-5-14-9-2-1-8(12(16)17)7-10(9)18-6-3-11(14)15/h1-2,7H,3-6H2,(H,16,17). The Hall–Kier alpha value is -2.11. The molecule has 2 rings (SSSR count). The number of rotatable bonds is 3. The number of aromatic carboxylic acids is 1. The molecule has 0 saturated heterocycles. The minimum Gasteiger partial charge on any atom is -0.491 e. The molecule has 1 aliphatic heterocycles. The zero-order valence-corrected chi connectivity index (χ0v) is 9.56. The van der Waals surface area contributed by atoms with E-state index in [4.69, 9.17) is 9.84 Å². The largest absolute Gasteiger partial charge is 0.491 e. The molecule has 6 heteroatoms. The van der Waals surface area contributed by atoms with Crippen LogP contribution in [0.15, 0.2) is 18.2 Å². The van der Waals surface area contributed by atoms with E-state index in [1.54, 1.807) is 0 Å². The van der Waals surface area contributed by atoms with Gasteiger partial charge in [-0.1, -0.05) is 0 Å². The molecule has 1 aromatic carbocycles. The SMILES string of the molecule is O=C(O)c1ccc2c(c1)OCCC(=O)N2CCF. The molecule has 0 radical (unpaired) electrons. The highest BCUT2D eigenvalue weighted by Crippen LogP contribution is 2.32. The Morgan fingerprint density at radius 3 is 2.94 bits per heavy atom. The molecule has 18 heavy (non-hydrogen) atoms. The van der Waals surface area contributed by atoms with Crippen molar-refractivity contribution in [1.82, 2.24) is 0 Å². The van der Waals surface area contributed by atoms with Gasteiger partial charge < -0.3 is 14.7 Å². The van der Waals surface area contributed by atoms with E-state index < -0.39 is 12.6 Å². The minimum absolute atomic E-state index is 0.0540. The third-order valence-corrected chi connectivity index (χ3v) is 2.68. The maximum atomic E-state index is 12.5. The fourth-order valence-corrected chi connectivity index (χ4v) is 1.83. The Bertz CT molecular complexity index is 489. The molecular formula is C12H12FNO4. The van der Waals surface area contributed by atoms with Crippen molar-refractivity contribution in [3.8, 4) is 5.75 Å². The fourth-order valence-electron chi connectivity index (χ4n) is 1.83. The normalized spacial score (nSPS) is 14.7. The van der Waals surface area contributed by atoms with Gasteiger partial charge >= 0.3 is 5.97 Å². The maximum Gasteiger partial charge on any atom is 0.335 e. The minimum atomic E-state index is -1.07. The van der Waals surface area contributed by atoms with Crippen LogP contribution in [0.2, 0.25) is 0 Å². The number of benzene rings is 1. The van der Waals surface area contributed by atoms with Gasteiger partial charge in [-0.25, -0.2) is 9.18 Å². The first-order chi connectivity index (χ1) is 8.63. The summed E-state index contributed by atoms with van der Waals surface area (Å²) in [7, 11) is 0. The van der Waals surface area contributed by atoms with Crippen LogP contribution in [0.1, 0.15) is 16.8 Å². The molecule has 96 valence electrons. The van der Waals surface area contributed by atoms with Gasteiger partial charge in [0.1, 0.15) is 12.4 Å². The maximum absolute atomic E-state index is 12.5. The van der Waals surface area contributed by atoms with Crippen molar-refractivity contribution >= 4 is 17.6 Å². The molecule has 0 fully saturated rings. The third kappa shape index (κ3) is 2.27.